The van der Waals surface area contributed by atoms with E-state index in [1.54, 1.807) is 6.92 Å². The minimum absolute atomic E-state index is 0.163. The fourth-order valence-electron chi connectivity index (χ4n) is 2.30. The molecule has 1 aliphatic carbocycles. The van der Waals surface area contributed by atoms with Crippen LogP contribution in [0.1, 0.15) is 41.6 Å². The first-order valence-corrected chi connectivity index (χ1v) is 9.51. The highest BCUT2D eigenvalue weighted by Crippen LogP contribution is 2.29. The first kappa shape index (κ1) is 16.6. The van der Waals surface area contributed by atoms with Gasteiger partial charge in [0.05, 0.1) is 4.90 Å². The van der Waals surface area contributed by atoms with Crippen molar-refractivity contribution in [1.82, 2.24) is 5.32 Å². The molecule has 0 spiro atoms. The summed E-state index contributed by atoms with van der Waals surface area (Å²) in [6.07, 6.45) is 4.66. The van der Waals surface area contributed by atoms with Crippen LogP contribution in [-0.2, 0) is 9.05 Å². The van der Waals surface area contributed by atoms with Crippen LogP contribution >= 0.6 is 22.3 Å². The zero-order valence-electron chi connectivity index (χ0n) is 11.7. The molecule has 0 bridgehead atoms. The molecule has 0 aliphatic heterocycles. The molecule has 0 aromatic heterocycles. The van der Waals surface area contributed by atoms with Gasteiger partial charge in [-0.3, -0.25) is 4.79 Å². The largest absolute Gasteiger partial charge is 0.352 e. The van der Waals surface area contributed by atoms with Gasteiger partial charge in [0.2, 0.25) is 0 Å². The average molecular weight is 350 g/mol. The highest BCUT2D eigenvalue weighted by atomic mass is 35.7. The second-order valence-corrected chi connectivity index (χ2v) is 8.33. The van der Waals surface area contributed by atoms with E-state index >= 15 is 0 Å². The van der Waals surface area contributed by atoms with Gasteiger partial charge >= 0.3 is 0 Å². The lowest BCUT2D eigenvalue weighted by Gasteiger charge is -2.25. The molecule has 1 N–H and O–H groups in total. The Bertz CT molecular complexity index is 654. The third kappa shape index (κ3) is 4.11. The molecule has 1 aromatic rings. The number of carbonyl (C=O) groups is 1. The SMILES string of the molecule is Cc1c(Cl)cc(S(=O)(=O)Cl)cc1C(=O)NCCC1CCC1. The molecule has 7 heteroatoms. The second kappa shape index (κ2) is 6.55. The molecule has 0 saturated heterocycles. The number of nitrogens with one attached hydrogen (secondary N) is 1. The van der Waals surface area contributed by atoms with Crippen LogP contribution in [-0.4, -0.2) is 20.9 Å². The lowest BCUT2D eigenvalue weighted by atomic mass is 9.83. The molecule has 1 fully saturated rings. The van der Waals surface area contributed by atoms with E-state index in [1.165, 1.54) is 31.4 Å². The van der Waals surface area contributed by atoms with E-state index in [-0.39, 0.29) is 21.4 Å². The second-order valence-electron chi connectivity index (χ2n) is 5.36. The van der Waals surface area contributed by atoms with Crippen molar-refractivity contribution in [3.63, 3.8) is 0 Å². The molecule has 0 unspecified atom stereocenters. The Morgan fingerprint density at radius 3 is 2.57 bits per heavy atom. The van der Waals surface area contributed by atoms with Crippen LogP contribution in [0.25, 0.3) is 0 Å². The van der Waals surface area contributed by atoms with Gasteiger partial charge in [-0.05, 0) is 37.0 Å². The molecule has 4 nitrogen and oxygen atoms in total. The third-order valence-corrected chi connectivity index (χ3v) is 5.63. The van der Waals surface area contributed by atoms with Gasteiger partial charge in [-0.1, -0.05) is 30.9 Å². The molecule has 21 heavy (non-hydrogen) atoms. The van der Waals surface area contributed by atoms with Gasteiger partial charge < -0.3 is 5.32 Å². The Hall–Kier alpha value is -0.780. The quantitative estimate of drug-likeness (QED) is 0.827. The summed E-state index contributed by atoms with van der Waals surface area (Å²) in [6.45, 7) is 2.26. The molecule has 1 amide bonds. The first-order chi connectivity index (χ1) is 9.79. The van der Waals surface area contributed by atoms with E-state index in [0.717, 1.165) is 6.42 Å². The van der Waals surface area contributed by atoms with E-state index in [4.69, 9.17) is 22.3 Å². The van der Waals surface area contributed by atoms with Crippen LogP contribution in [0.5, 0.6) is 0 Å². The van der Waals surface area contributed by atoms with Crippen molar-refractivity contribution < 1.29 is 13.2 Å². The zero-order chi connectivity index (χ0) is 15.6. The lowest BCUT2D eigenvalue weighted by molar-refractivity contribution is 0.0948. The van der Waals surface area contributed by atoms with Crippen LogP contribution in [0.2, 0.25) is 5.02 Å². The van der Waals surface area contributed by atoms with Crippen molar-refractivity contribution in [1.29, 1.82) is 0 Å². The van der Waals surface area contributed by atoms with Crippen molar-refractivity contribution in [2.75, 3.05) is 6.54 Å². The number of rotatable bonds is 5. The van der Waals surface area contributed by atoms with E-state index in [9.17, 15) is 13.2 Å². The first-order valence-electron chi connectivity index (χ1n) is 6.82. The van der Waals surface area contributed by atoms with Crippen molar-refractivity contribution in [3.8, 4) is 0 Å². The van der Waals surface area contributed by atoms with Crippen molar-refractivity contribution >= 4 is 37.2 Å². The summed E-state index contributed by atoms with van der Waals surface area (Å²) in [4.78, 5) is 12.0. The van der Waals surface area contributed by atoms with Gasteiger partial charge in [-0.2, -0.15) is 0 Å². The number of hydrogen-bond donors (Lipinski definition) is 1. The molecule has 0 heterocycles. The molecule has 2 rings (SSSR count). The topological polar surface area (TPSA) is 63.2 Å². The van der Waals surface area contributed by atoms with E-state index in [0.29, 0.717) is 18.0 Å². The summed E-state index contributed by atoms with van der Waals surface area (Å²) in [5.74, 6) is 0.375. The molecule has 0 atom stereocenters. The standard InChI is InChI=1S/C14H17Cl2NO3S/c1-9-12(7-11(8-13(9)15)21(16,19)20)14(18)17-6-5-10-3-2-4-10/h7-8,10H,2-6H2,1H3,(H,17,18). The van der Waals surface area contributed by atoms with E-state index < -0.39 is 9.05 Å². The molecule has 1 aromatic carbocycles. The lowest BCUT2D eigenvalue weighted by Crippen LogP contribution is -2.28. The van der Waals surface area contributed by atoms with E-state index in [1.807, 2.05) is 0 Å². The molecule has 1 saturated carbocycles. The average Bonchev–Trinajstić information content (AvgIpc) is 2.33. The normalized spacial score (nSPS) is 15.6. The van der Waals surface area contributed by atoms with Crippen molar-refractivity contribution in [3.05, 3.63) is 28.3 Å². The van der Waals surface area contributed by atoms with Crippen LogP contribution in [0.4, 0.5) is 0 Å². The summed E-state index contributed by atoms with van der Waals surface area (Å²) >= 11 is 5.98. The molecule has 116 valence electrons. The van der Waals surface area contributed by atoms with E-state index in [2.05, 4.69) is 5.32 Å². The molecule has 0 radical (unpaired) electrons. The van der Waals surface area contributed by atoms with Crippen LogP contribution < -0.4 is 5.32 Å². The fraction of sp³-hybridized carbons (Fsp3) is 0.500. The summed E-state index contributed by atoms with van der Waals surface area (Å²) in [6, 6.07) is 2.52. The summed E-state index contributed by atoms with van der Waals surface area (Å²) in [7, 11) is 1.39. The molecule has 1 aliphatic rings. The summed E-state index contributed by atoms with van der Waals surface area (Å²) in [5, 5.41) is 3.02. The van der Waals surface area contributed by atoms with Crippen molar-refractivity contribution in [2.45, 2.75) is 37.5 Å². The zero-order valence-corrected chi connectivity index (χ0v) is 14.0. The number of hydrogen-bond acceptors (Lipinski definition) is 3. The maximum Gasteiger partial charge on any atom is 0.261 e. The number of carbonyl (C=O) groups excluding carboxylic acids is 1. The summed E-state index contributed by atoms with van der Waals surface area (Å²) < 4.78 is 22.8. The van der Waals surface area contributed by atoms with Crippen LogP contribution in [0.3, 0.4) is 0 Å². The van der Waals surface area contributed by atoms with Gasteiger partial charge in [-0.15, -0.1) is 0 Å². The number of amides is 1. The Kier molecular flexibility index (Phi) is 5.17. The maximum absolute atomic E-state index is 12.2. The smallest absolute Gasteiger partial charge is 0.261 e. The highest BCUT2D eigenvalue weighted by Gasteiger charge is 2.20. The third-order valence-electron chi connectivity index (χ3n) is 3.91. The van der Waals surface area contributed by atoms with Gasteiger partial charge in [-0.25, -0.2) is 8.42 Å². The molecular formula is C14H17Cl2NO3S. The Labute approximate surface area is 134 Å². The maximum atomic E-state index is 12.2. The monoisotopic (exact) mass is 349 g/mol. The minimum atomic E-state index is -3.92. The summed E-state index contributed by atoms with van der Waals surface area (Å²) in [5.41, 5.74) is 0.789. The number of halogens is 2. The fourth-order valence-corrected chi connectivity index (χ4v) is 3.37. The molecular weight excluding hydrogens is 333 g/mol. The van der Waals surface area contributed by atoms with Crippen LogP contribution in [0, 0.1) is 12.8 Å². The Morgan fingerprint density at radius 2 is 2.05 bits per heavy atom. The van der Waals surface area contributed by atoms with Crippen molar-refractivity contribution in [2.24, 2.45) is 5.92 Å². The number of benzene rings is 1. The van der Waals surface area contributed by atoms with Gasteiger partial charge in [0, 0.05) is 27.8 Å². The van der Waals surface area contributed by atoms with Gasteiger partial charge in [0.1, 0.15) is 0 Å². The Balaban J connectivity index is 2.13. The minimum Gasteiger partial charge on any atom is -0.352 e. The van der Waals surface area contributed by atoms with Gasteiger partial charge in [0.15, 0.2) is 0 Å². The van der Waals surface area contributed by atoms with Crippen LogP contribution in [0.15, 0.2) is 17.0 Å². The van der Waals surface area contributed by atoms with Gasteiger partial charge in [0.25, 0.3) is 15.0 Å². The Morgan fingerprint density at radius 1 is 1.38 bits per heavy atom. The predicted octanol–water partition coefficient (Wildman–Crippen LogP) is 3.50. The highest BCUT2D eigenvalue weighted by molar-refractivity contribution is 8.13. The predicted molar refractivity (Wildman–Crippen MR) is 83.5 cm³/mol.